The van der Waals surface area contributed by atoms with Crippen LogP contribution >= 0.6 is 20.2 Å². The fourth-order valence-corrected chi connectivity index (χ4v) is 4.08. The van der Waals surface area contributed by atoms with Gasteiger partial charge in [-0.3, -0.25) is 4.79 Å². The first-order chi connectivity index (χ1) is 9.40. The van der Waals surface area contributed by atoms with Gasteiger partial charge in [0, 0.05) is 5.56 Å². The van der Waals surface area contributed by atoms with Crippen molar-refractivity contribution in [3.8, 4) is 0 Å². The van der Waals surface area contributed by atoms with E-state index in [1.165, 1.54) is 16.7 Å². The Bertz CT molecular complexity index is 639. The van der Waals surface area contributed by atoms with Crippen molar-refractivity contribution in [3.63, 3.8) is 0 Å². The SMILES string of the molecule is Cc1cc(C)c(PC(=O)c2c(C)cccc2Cl)c(C)c1.[LiH]. The van der Waals surface area contributed by atoms with Crippen LogP contribution in [0.4, 0.5) is 0 Å². The number of halogens is 1. The number of benzene rings is 2. The van der Waals surface area contributed by atoms with Crippen LogP contribution in [0, 0.1) is 27.7 Å². The normalized spacial score (nSPS) is 10.7. The molecule has 0 aliphatic carbocycles. The van der Waals surface area contributed by atoms with E-state index in [9.17, 15) is 4.79 Å². The molecule has 4 heteroatoms. The molecule has 1 unspecified atom stereocenters. The van der Waals surface area contributed by atoms with Crippen LogP contribution in [-0.2, 0) is 0 Å². The molecule has 0 bridgehead atoms. The topological polar surface area (TPSA) is 17.1 Å². The van der Waals surface area contributed by atoms with Gasteiger partial charge < -0.3 is 0 Å². The number of hydrogen-bond acceptors (Lipinski definition) is 1. The molecule has 0 radical (unpaired) electrons. The van der Waals surface area contributed by atoms with Gasteiger partial charge in [0.15, 0.2) is 5.52 Å². The summed E-state index contributed by atoms with van der Waals surface area (Å²) in [6.45, 7) is 8.13. The van der Waals surface area contributed by atoms with Crippen LogP contribution < -0.4 is 5.30 Å². The van der Waals surface area contributed by atoms with Gasteiger partial charge in [-0.1, -0.05) is 41.4 Å². The molecule has 106 valence electrons. The number of carbonyl (C=O) groups excluding carboxylic acids is 1. The van der Waals surface area contributed by atoms with Crippen LogP contribution in [0.15, 0.2) is 30.3 Å². The summed E-state index contributed by atoms with van der Waals surface area (Å²) in [5, 5.41) is 1.69. The second-order valence-corrected chi connectivity index (χ2v) is 6.77. The number of carbonyl (C=O) groups is 1. The number of aryl methyl sites for hydroxylation is 4. The second kappa shape index (κ2) is 7.62. The van der Waals surface area contributed by atoms with Crippen LogP contribution in [0.2, 0.25) is 5.02 Å². The fraction of sp³-hybridized carbons (Fsp3) is 0.235. The van der Waals surface area contributed by atoms with E-state index in [-0.39, 0.29) is 33.0 Å². The first kappa shape index (κ1) is 18.5. The van der Waals surface area contributed by atoms with Crippen molar-refractivity contribution in [1.82, 2.24) is 0 Å². The van der Waals surface area contributed by atoms with Crippen LogP contribution in [0.1, 0.15) is 32.6 Å². The first-order valence-corrected chi connectivity index (χ1v) is 7.92. The Morgan fingerprint density at radius 3 is 2.10 bits per heavy atom. The van der Waals surface area contributed by atoms with Crippen molar-refractivity contribution in [2.24, 2.45) is 0 Å². The summed E-state index contributed by atoms with van der Waals surface area (Å²) in [5.41, 5.74) is 5.31. The summed E-state index contributed by atoms with van der Waals surface area (Å²) in [6, 6.07) is 9.84. The molecule has 0 amide bonds. The molecule has 0 saturated carbocycles. The molecule has 0 fully saturated rings. The predicted molar refractivity (Wildman–Crippen MR) is 96.3 cm³/mol. The zero-order valence-corrected chi connectivity index (χ0v) is 13.9. The van der Waals surface area contributed by atoms with Crippen molar-refractivity contribution in [3.05, 3.63) is 63.2 Å². The number of hydrogen-bond donors (Lipinski definition) is 0. The second-order valence-electron chi connectivity index (χ2n) is 5.16. The molecule has 21 heavy (non-hydrogen) atoms. The minimum atomic E-state index is 0. The average molecular weight is 313 g/mol. The van der Waals surface area contributed by atoms with Crippen LogP contribution in [0.5, 0.6) is 0 Å². The van der Waals surface area contributed by atoms with E-state index < -0.39 is 0 Å². The van der Waals surface area contributed by atoms with Crippen LogP contribution in [0.25, 0.3) is 0 Å². The molecule has 1 nitrogen and oxygen atoms in total. The molecule has 0 heterocycles. The van der Waals surface area contributed by atoms with Crippen molar-refractivity contribution in [1.29, 1.82) is 0 Å². The van der Waals surface area contributed by atoms with Crippen molar-refractivity contribution >= 4 is 49.9 Å². The average Bonchev–Trinajstić information content (AvgIpc) is 2.33. The molecule has 2 aromatic carbocycles. The summed E-state index contributed by atoms with van der Waals surface area (Å²) >= 11 is 6.18. The van der Waals surface area contributed by atoms with E-state index >= 15 is 0 Å². The molecule has 0 N–H and O–H groups in total. The Morgan fingerprint density at radius 2 is 1.57 bits per heavy atom. The van der Waals surface area contributed by atoms with Gasteiger partial charge >= 0.3 is 18.9 Å². The maximum absolute atomic E-state index is 12.6. The number of rotatable bonds is 3. The monoisotopic (exact) mass is 312 g/mol. The van der Waals surface area contributed by atoms with Gasteiger partial charge in [-0.15, -0.1) is 0 Å². The summed E-state index contributed by atoms with van der Waals surface area (Å²) in [5.74, 6) is 0. The van der Waals surface area contributed by atoms with Crippen molar-refractivity contribution < 1.29 is 4.79 Å². The zero-order valence-electron chi connectivity index (χ0n) is 12.2. The van der Waals surface area contributed by atoms with E-state index in [2.05, 4.69) is 32.9 Å². The van der Waals surface area contributed by atoms with Gasteiger partial charge in [-0.25, -0.2) is 0 Å². The zero-order chi connectivity index (χ0) is 14.9. The molecule has 1 atom stereocenters. The first-order valence-electron chi connectivity index (χ1n) is 6.54. The molecule has 2 aromatic rings. The summed E-state index contributed by atoms with van der Waals surface area (Å²) in [4.78, 5) is 12.6. The third-order valence-electron chi connectivity index (χ3n) is 3.36. The molecule has 0 aliphatic heterocycles. The van der Waals surface area contributed by atoms with E-state index in [1.807, 2.05) is 19.1 Å². The molecule has 0 spiro atoms. The van der Waals surface area contributed by atoms with Gasteiger partial charge in [0.05, 0.1) is 5.02 Å². The van der Waals surface area contributed by atoms with Crippen molar-refractivity contribution in [2.75, 3.05) is 0 Å². The Balaban J connectivity index is 0.00000220. The van der Waals surface area contributed by atoms with Gasteiger partial charge in [0.2, 0.25) is 0 Å². The van der Waals surface area contributed by atoms with E-state index in [4.69, 9.17) is 11.6 Å². The Hall–Kier alpha value is -0.573. The third-order valence-corrected chi connectivity index (χ3v) is 5.20. The van der Waals surface area contributed by atoms with Gasteiger partial charge in [-0.2, -0.15) is 0 Å². The van der Waals surface area contributed by atoms with E-state index in [1.54, 1.807) is 6.07 Å². The Morgan fingerprint density at radius 1 is 1.00 bits per heavy atom. The van der Waals surface area contributed by atoms with E-state index in [0.29, 0.717) is 10.6 Å². The predicted octanol–water partition coefficient (Wildman–Crippen LogP) is 4.07. The molecular weight excluding hydrogens is 294 g/mol. The summed E-state index contributed by atoms with van der Waals surface area (Å²) in [6.07, 6.45) is 0. The van der Waals surface area contributed by atoms with Crippen LogP contribution in [-0.4, -0.2) is 24.4 Å². The molecule has 0 aliphatic rings. The Kier molecular flexibility index (Phi) is 6.70. The van der Waals surface area contributed by atoms with Crippen molar-refractivity contribution in [2.45, 2.75) is 27.7 Å². The molecule has 2 rings (SSSR count). The Labute approximate surface area is 145 Å². The van der Waals surface area contributed by atoms with Gasteiger partial charge in [-0.05, 0) is 64.3 Å². The standard InChI is InChI=1S/C17H18ClOP.Li.H/c1-10-8-12(3)16(13(4)9-10)20-17(19)15-11(2)6-5-7-14(15)18;;/h5-9,20H,1-4H3;;. The fourth-order valence-electron chi connectivity index (χ4n) is 2.47. The molecule has 0 saturated heterocycles. The minimum absolute atomic E-state index is 0. The van der Waals surface area contributed by atoms with Crippen LogP contribution in [0.3, 0.4) is 0 Å². The van der Waals surface area contributed by atoms with Gasteiger partial charge in [0.25, 0.3) is 0 Å². The summed E-state index contributed by atoms with van der Waals surface area (Å²) < 4.78 is 0. The van der Waals surface area contributed by atoms with Gasteiger partial charge in [0.1, 0.15) is 0 Å². The molecule has 0 aromatic heterocycles. The molecular formula is C17H19ClLiOP. The quantitative estimate of drug-likeness (QED) is 0.617. The maximum atomic E-state index is 12.6. The summed E-state index contributed by atoms with van der Waals surface area (Å²) in [7, 11) is 0.119. The third kappa shape index (κ3) is 4.21. The van der Waals surface area contributed by atoms with E-state index in [0.717, 1.165) is 10.9 Å².